The van der Waals surface area contributed by atoms with Crippen LogP contribution in [0.2, 0.25) is 0 Å². The molecule has 110 valence electrons. The molecule has 2 rings (SSSR count). The lowest BCUT2D eigenvalue weighted by molar-refractivity contribution is -0.123. The molecule has 0 saturated carbocycles. The summed E-state index contributed by atoms with van der Waals surface area (Å²) in [6, 6.07) is 4.26. The van der Waals surface area contributed by atoms with Crippen molar-refractivity contribution in [3.63, 3.8) is 0 Å². The first-order valence-electron chi connectivity index (χ1n) is 6.07. The molecule has 1 saturated heterocycles. The number of halogens is 1. The normalized spacial score (nSPS) is 22.8. The minimum atomic E-state index is -3.75. The van der Waals surface area contributed by atoms with E-state index in [-0.39, 0.29) is 10.8 Å². The van der Waals surface area contributed by atoms with Gasteiger partial charge in [-0.3, -0.25) is 4.79 Å². The van der Waals surface area contributed by atoms with Crippen LogP contribution in [0.15, 0.2) is 27.6 Å². The van der Waals surface area contributed by atoms with Gasteiger partial charge in [-0.25, -0.2) is 13.6 Å². The third-order valence-electron chi connectivity index (χ3n) is 3.43. The number of nitrogens with one attached hydrogen (secondary N) is 2. The fraction of sp³-hybridized carbons (Fsp3) is 0.417. The van der Waals surface area contributed by atoms with Crippen LogP contribution in [0, 0.1) is 5.41 Å². The number of rotatable bonds is 3. The van der Waals surface area contributed by atoms with E-state index in [0.717, 1.165) is 13.0 Å². The molecule has 1 atom stereocenters. The average molecular weight is 362 g/mol. The Balaban J connectivity index is 2.20. The minimum Gasteiger partial charge on any atom is -0.325 e. The Bertz CT molecular complexity index is 639. The number of hydrogen-bond donors (Lipinski definition) is 3. The molecule has 1 aromatic carbocycles. The van der Waals surface area contributed by atoms with Crippen molar-refractivity contribution in [3.8, 4) is 0 Å². The van der Waals surface area contributed by atoms with Crippen LogP contribution < -0.4 is 15.8 Å². The first-order valence-corrected chi connectivity index (χ1v) is 8.41. The van der Waals surface area contributed by atoms with Gasteiger partial charge in [0.25, 0.3) is 0 Å². The number of primary sulfonamides is 1. The van der Waals surface area contributed by atoms with Gasteiger partial charge in [-0.2, -0.15) is 0 Å². The van der Waals surface area contributed by atoms with Crippen molar-refractivity contribution in [2.24, 2.45) is 10.6 Å². The molecule has 1 unspecified atom stereocenters. The third kappa shape index (κ3) is 3.20. The van der Waals surface area contributed by atoms with Crippen molar-refractivity contribution in [2.75, 3.05) is 18.4 Å². The van der Waals surface area contributed by atoms with E-state index in [9.17, 15) is 13.2 Å². The summed E-state index contributed by atoms with van der Waals surface area (Å²) < 4.78 is 23.0. The number of nitrogens with two attached hydrogens (primary N) is 1. The molecule has 1 aliphatic rings. The SMILES string of the molecule is CC1(C(=O)Nc2ccc(S(N)(=O)=O)cc2Br)CCNC1. The highest BCUT2D eigenvalue weighted by Gasteiger charge is 2.36. The fourth-order valence-corrected chi connectivity index (χ4v) is 3.23. The molecule has 20 heavy (non-hydrogen) atoms. The van der Waals surface area contributed by atoms with Crippen molar-refractivity contribution in [3.05, 3.63) is 22.7 Å². The van der Waals surface area contributed by atoms with E-state index in [1.165, 1.54) is 18.2 Å². The van der Waals surface area contributed by atoms with E-state index in [1.54, 1.807) is 0 Å². The summed E-state index contributed by atoms with van der Waals surface area (Å²) in [6.45, 7) is 3.34. The van der Waals surface area contributed by atoms with Gasteiger partial charge in [0, 0.05) is 11.0 Å². The van der Waals surface area contributed by atoms with Crippen LogP contribution in [0.4, 0.5) is 5.69 Å². The number of anilines is 1. The van der Waals surface area contributed by atoms with Crippen LogP contribution in [0.3, 0.4) is 0 Å². The van der Waals surface area contributed by atoms with E-state index >= 15 is 0 Å². The zero-order chi connectivity index (χ0) is 15.0. The first kappa shape index (κ1) is 15.4. The second kappa shape index (κ2) is 5.44. The van der Waals surface area contributed by atoms with Gasteiger partial charge in [-0.15, -0.1) is 0 Å². The highest BCUT2D eigenvalue weighted by molar-refractivity contribution is 9.10. The molecule has 1 fully saturated rings. The van der Waals surface area contributed by atoms with E-state index in [4.69, 9.17) is 5.14 Å². The summed E-state index contributed by atoms with van der Waals surface area (Å²) in [5, 5.41) is 11.0. The molecular formula is C12H16BrN3O3S. The highest BCUT2D eigenvalue weighted by Crippen LogP contribution is 2.30. The first-order chi connectivity index (χ1) is 9.22. The number of hydrogen-bond acceptors (Lipinski definition) is 4. The minimum absolute atomic E-state index is 0.00359. The van der Waals surface area contributed by atoms with Gasteiger partial charge in [-0.1, -0.05) is 0 Å². The summed E-state index contributed by atoms with van der Waals surface area (Å²) in [5.74, 6) is -0.0912. The zero-order valence-corrected chi connectivity index (χ0v) is 13.3. The number of sulfonamides is 1. The van der Waals surface area contributed by atoms with E-state index in [0.29, 0.717) is 16.7 Å². The Labute approximate surface area is 126 Å². The Kier molecular flexibility index (Phi) is 4.19. The van der Waals surface area contributed by atoms with Crippen LogP contribution in [0.25, 0.3) is 0 Å². The maximum absolute atomic E-state index is 12.3. The van der Waals surface area contributed by atoms with Crippen molar-refractivity contribution < 1.29 is 13.2 Å². The van der Waals surface area contributed by atoms with E-state index < -0.39 is 15.4 Å². The number of carbonyl (C=O) groups excluding carboxylic acids is 1. The van der Waals surface area contributed by atoms with Crippen LogP contribution >= 0.6 is 15.9 Å². The van der Waals surface area contributed by atoms with Crippen molar-refractivity contribution in [1.29, 1.82) is 0 Å². The topological polar surface area (TPSA) is 101 Å². The molecule has 6 nitrogen and oxygen atoms in total. The van der Waals surface area contributed by atoms with Crippen LogP contribution in [-0.2, 0) is 14.8 Å². The van der Waals surface area contributed by atoms with Gasteiger partial charge in [0.2, 0.25) is 15.9 Å². The van der Waals surface area contributed by atoms with Gasteiger partial charge in [0.15, 0.2) is 0 Å². The van der Waals surface area contributed by atoms with Gasteiger partial charge < -0.3 is 10.6 Å². The smallest absolute Gasteiger partial charge is 0.238 e. The van der Waals surface area contributed by atoms with Gasteiger partial charge >= 0.3 is 0 Å². The number of carbonyl (C=O) groups is 1. The van der Waals surface area contributed by atoms with Gasteiger partial charge in [0.05, 0.1) is 16.0 Å². The molecule has 0 radical (unpaired) electrons. The molecular weight excluding hydrogens is 346 g/mol. The predicted molar refractivity (Wildman–Crippen MR) is 79.7 cm³/mol. The van der Waals surface area contributed by atoms with Crippen LogP contribution in [-0.4, -0.2) is 27.4 Å². The molecule has 1 aliphatic heterocycles. The lowest BCUT2D eigenvalue weighted by Gasteiger charge is -2.22. The Morgan fingerprint density at radius 2 is 2.20 bits per heavy atom. The Morgan fingerprint density at radius 1 is 1.50 bits per heavy atom. The number of benzene rings is 1. The summed E-state index contributed by atoms with van der Waals surface area (Å²) >= 11 is 3.24. The molecule has 0 aromatic heterocycles. The second-order valence-electron chi connectivity index (χ2n) is 5.13. The zero-order valence-electron chi connectivity index (χ0n) is 10.9. The summed E-state index contributed by atoms with van der Waals surface area (Å²) in [6.07, 6.45) is 0.770. The van der Waals surface area contributed by atoms with Gasteiger partial charge in [0.1, 0.15) is 0 Å². The molecule has 1 amide bonds. The summed E-state index contributed by atoms with van der Waals surface area (Å²) in [5.41, 5.74) is 0.0773. The maximum Gasteiger partial charge on any atom is 0.238 e. The van der Waals surface area contributed by atoms with Crippen LogP contribution in [0.1, 0.15) is 13.3 Å². The molecule has 0 bridgehead atoms. The highest BCUT2D eigenvalue weighted by atomic mass is 79.9. The second-order valence-corrected chi connectivity index (χ2v) is 7.54. The molecule has 8 heteroatoms. The monoisotopic (exact) mass is 361 g/mol. The predicted octanol–water partition coefficient (Wildman–Crippen LogP) is 1.03. The Hall–Kier alpha value is -0.960. The standard InChI is InChI=1S/C12H16BrN3O3S/c1-12(4-5-15-7-12)11(17)16-10-3-2-8(6-9(10)13)20(14,18)19/h2-3,6,15H,4-5,7H2,1H3,(H,16,17)(H2,14,18,19). The average Bonchev–Trinajstić information content (AvgIpc) is 2.78. The van der Waals surface area contributed by atoms with Crippen molar-refractivity contribution in [1.82, 2.24) is 5.32 Å². The van der Waals surface area contributed by atoms with Crippen molar-refractivity contribution in [2.45, 2.75) is 18.2 Å². The molecule has 1 heterocycles. The van der Waals surface area contributed by atoms with E-state index in [2.05, 4.69) is 26.6 Å². The lowest BCUT2D eigenvalue weighted by atomic mass is 9.89. The Morgan fingerprint density at radius 3 is 2.70 bits per heavy atom. The van der Waals surface area contributed by atoms with Crippen LogP contribution in [0.5, 0.6) is 0 Å². The molecule has 0 aliphatic carbocycles. The third-order valence-corrected chi connectivity index (χ3v) is 5.00. The largest absolute Gasteiger partial charge is 0.325 e. The fourth-order valence-electron chi connectivity index (χ4n) is 2.06. The maximum atomic E-state index is 12.3. The summed E-state index contributed by atoms with van der Waals surface area (Å²) in [4.78, 5) is 12.3. The molecule has 4 N–H and O–H groups in total. The van der Waals surface area contributed by atoms with Gasteiger partial charge in [-0.05, 0) is 54.0 Å². The number of amides is 1. The lowest BCUT2D eigenvalue weighted by Crippen LogP contribution is -2.35. The van der Waals surface area contributed by atoms with Crippen molar-refractivity contribution >= 4 is 37.5 Å². The van der Waals surface area contributed by atoms with E-state index in [1.807, 2.05) is 6.92 Å². The summed E-state index contributed by atoms with van der Waals surface area (Å²) in [7, 11) is -3.75. The molecule has 0 spiro atoms. The molecule has 1 aromatic rings. The quantitative estimate of drug-likeness (QED) is 0.748.